The molecule has 0 heterocycles. The minimum atomic E-state index is -0.489. The van der Waals surface area contributed by atoms with Crippen molar-refractivity contribution in [2.45, 2.75) is 38.5 Å². The zero-order chi connectivity index (χ0) is 15.8. The Hall–Kier alpha value is -2.11. The molecule has 1 aliphatic rings. The van der Waals surface area contributed by atoms with Crippen LogP contribution in [0.3, 0.4) is 0 Å². The maximum atomic E-state index is 11.7. The summed E-state index contributed by atoms with van der Waals surface area (Å²) < 4.78 is 5.28. The number of nitro groups is 1. The van der Waals surface area contributed by atoms with Crippen molar-refractivity contribution in [1.29, 1.82) is 0 Å². The molecule has 6 heteroatoms. The monoisotopic (exact) mass is 306 g/mol. The van der Waals surface area contributed by atoms with Gasteiger partial charge in [0.1, 0.15) is 5.75 Å². The zero-order valence-electron chi connectivity index (χ0n) is 12.6. The Bertz CT molecular complexity index is 513. The number of non-ortho nitro benzene ring substituents is 1. The largest absolute Gasteiger partial charge is 0.484 e. The lowest BCUT2D eigenvalue weighted by Crippen LogP contribution is -2.30. The van der Waals surface area contributed by atoms with Gasteiger partial charge in [0.05, 0.1) is 11.0 Å². The van der Waals surface area contributed by atoms with E-state index in [1.807, 2.05) is 0 Å². The van der Waals surface area contributed by atoms with Crippen molar-refractivity contribution in [1.82, 2.24) is 5.32 Å². The summed E-state index contributed by atoms with van der Waals surface area (Å²) in [6.07, 6.45) is 7.48. The van der Waals surface area contributed by atoms with E-state index in [0.717, 1.165) is 12.3 Å². The molecule has 1 fully saturated rings. The van der Waals surface area contributed by atoms with Crippen LogP contribution < -0.4 is 10.1 Å². The molecule has 1 N–H and O–H groups in total. The second-order valence-corrected chi connectivity index (χ2v) is 5.69. The third-order valence-electron chi connectivity index (χ3n) is 4.00. The van der Waals surface area contributed by atoms with Crippen LogP contribution in [0.2, 0.25) is 0 Å². The molecule has 1 aliphatic carbocycles. The molecule has 2 rings (SSSR count). The van der Waals surface area contributed by atoms with Crippen molar-refractivity contribution < 1.29 is 14.5 Å². The van der Waals surface area contributed by atoms with Gasteiger partial charge in [-0.3, -0.25) is 14.9 Å². The molecule has 0 radical (unpaired) electrons. The van der Waals surface area contributed by atoms with Gasteiger partial charge in [0.25, 0.3) is 11.6 Å². The van der Waals surface area contributed by atoms with E-state index in [2.05, 4.69) is 5.32 Å². The first-order valence-electron chi connectivity index (χ1n) is 7.79. The maximum absolute atomic E-state index is 11.7. The summed E-state index contributed by atoms with van der Waals surface area (Å²) in [6.45, 7) is 0.549. The molecule has 0 saturated heterocycles. The smallest absolute Gasteiger partial charge is 0.273 e. The number of nitro benzene ring substituents is 1. The first-order chi connectivity index (χ1) is 10.6. The minimum Gasteiger partial charge on any atom is -0.484 e. The number of nitrogens with zero attached hydrogens (tertiary/aromatic N) is 1. The van der Waals surface area contributed by atoms with Crippen LogP contribution >= 0.6 is 0 Å². The lowest BCUT2D eigenvalue weighted by molar-refractivity contribution is -0.384. The van der Waals surface area contributed by atoms with E-state index in [1.165, 1.54) is 50.3 Å². The fraction of sp³-hybridized carbons (Fsp3) is 0.562. The van der Waals surface area contributed by atoms with Crippen molar-refractivity contribution >= 4 is 11.6 Å². The fourth-order valence-electron chi connectivity index (χ4n) is 2.78. The van der Waals surface area contributed by atoms with E-state index >= 15 is 0 Å². The van der Waals surface area contributed by atoms with Crippen molar-refractivity contribution in [3.05, 3.63) is 34.4 Å². The second kappa shape index (κ2) is 8.36. The highest BCUT2D eigenvalue weighted by atomic mass is 16.6. The van der Waals surface area contributed by atoms with Gasteiger partial charge in [-0.25, -0.2) is 0 Å². The number of nitrogens with one attached hydrogen (secondary N) is 1. The fourth-order valence-corrected chi connectivity index (χ4v) is 2.78. The standard InChI is InChI=1S/C16H22N2O4/c19-16(17-10-9-13-5-2-1-3-6-13)12-22-15-8-4-7-14(11-15)18(20)21/h4,7-8,11,13H,1-3,5-6,9-10,12H2,(H,17,19). The number of ether oxygens (including phenoxy) is 1. The van der Waals surface area contributed by atoms with Gasteiger partial charge in [-0.15, -0.1) is 0 Å². The van der Waals surface area contributed by atoms with Crippen molar-refractivity contribution in [2.75, 3.05) is 13.2 Å². The van der Waals surface area contributed by atoms with Crippen molar-refractivity contribution in [3.63, 3.8) is 0 Å². The molecule has 1 saturated carbocycles. The molecule has 120 valence electrons. The third kappa shape index (κ3) is 5.35. The van der Waals surface area contributed by atoms with E-state index < -0.39 is 4.92 Å². The Balaban J connectivity index is 1.66. The predicted octanol–water partition coefficient (Wildman–Crippen LogP) is 3.06. The summed E-state index contributed by atoms with van der Waals surface area (Å²) in [7, 11) is 0. The quantitative estimate of drug-likeness (QED) is 0.620. The van der Waals surface area contributed by atoms with E-state index in [9.17, 15) is 14.9 Å². The first kappa shape index (κ1) is 16.3. The molecule has 1 aromatic rings. The normalized spacial score (nSPS) is 15.3. The van der Waals surface area contributed by atoms with Crippen LogP contribution in [-0.2, 0) is 4.79 Å². The van der Waals surface area contributed by atoms with Crippen molar-refractivity contribution in [3.8, 4) is 5.75 Å². The Morgan fingerprint density at radius 1 is 1.32 bits per heavy atom. The second-order valence-electron chi connectivity index (χ2n) is 5.69. The van der Waals surface area contributed by atoms with Gasteiger partial charge in [-0.2, -0.15) is 0 Å². The molecule has 0 unspecified atom stereocenters. The first-order valence-corrected chi connectivity index (χ1v) is 7.79. The number of amides is 1. The lowest BCUT2D eigenvalue weighted by atomic mass is 9.87. The van der Waals surface area contributed by atoms with E-state index in [-0.39, 0.29) is 18.2 Å². The molecule has 0 aliphatic heterocycles. The third-order valence-corrected chi connectivity index (χ3v) is 4.00. The highest BCUT2D eigenvalue weighted by molar-refractivity contribution is 5.77. The number of carbonyl (C=O) groups is 1. The summed E-state index contributed by atoms with van der Waals surface area (Å²) >= 11 is 0. The van der Waals surface area contributed by atoms with E-state index in [1.54, 1.807) is 6.07 Å². The maximum Gasteiger partial charge on any atom is 0.273 e. The molecule has 0 aromatic heterocycles. The van der Waals surface area contributed by atoms with Crippen LogP contribution in [-0.4, -0.2) is 24.0 Å². The van der Waals surface area contributed by atoms with Crippen LogP contribution in [0.15, 0.2) is 24.3 Å². The summed E-state index contributed by atoms with van der Waals surface area (Å²) in [5, 5.41) is 13.5. The Labute approximate surface area is 130 Å². The highest BCUT2D eigenvalue weighted by Crippen LogP contribution is 2.25. The number of rotatable bonds is 7. The van der Waals surface area contributed by atoms with Crippen LogP contribution in [0.1, 0.15) is 38.5 Å². The van der Waals surface area contributed by atoms with Gasteiger partial charge < -0.3 is 10.1 Å². The number of benzene rings is 1. The van der Waals surface area contributed by atoms with Crippen LogP contribution in [0, 0.1) is 16.0 Å². The van der Waals surface area contributed by atoms with E-state index in [4.69, 9.17) is 4.74 Å². The van der Waals surface area contributed by atoms with Crippen LogP contribution in [0.4, 0.5) is 5.69 Å². The minimum absolute atomic E-state index is 0.0461. The van der Waals surface area contributed by atoms with Gasteiger partial charge in [0.15, 0.2) is 6.61 Å². The number of hydrogen-bond acceptors (Lipinski definition) is 4. The summed E-state index contributed by atoms with van der Waals surface area (Å²) in [4.78, 5) is 21.9. The van der Waals surface area contributed by atoms with E-state index in [0.29, 0.717) is 12.3 Å². The summed E-state index contributed by atoms with van der Waals surface area (Å²) in [5.74, 6) is 0.866. The number of carbonyl (C=O) groups excluding carboxylic acids is 1. The van der Waals surface area contributed by atoms with Crippen LogP contribution in [0.5, 0.6) is 5.75 Å². The summed E-state index contributed by atoms with van der Waals surface area (Å²) in [6, 6.07) is 5.84. The molecule has 0 spiro atoms. The summed E-state index contributed by atoms with van der Waals surface area (Å²) in [5.41, 5.74) is -0.0461. The average molecular weight is 306 g/mol. The molecule has 6 nitrogen and oxygen atoms in total. The zero-order valence-corrected chi connectivity index (χ0v) is 12.6. The van der Waals surface area contributed by atoms with Crippen molar-refractivity contribution in [2.24, 2.45) is 5.92 Å². The van der Waals surface area contributed by atoms with Gasteiger partial charge in [-0.05, 0) is 18.4 Å². The topological polar surface area (TPSA) is 81.5 Å². The SMILES string of the molecule is O=C(COc1cccc([N+](=O)[O-])c1)NCCC1CCCCC1. The Morgan fingerprint density at radius 3 is 2.82 bits per heavy atom. The predicted molar refractivity (Wildman–Crippen MR) is 82.8 cm³/mol. The average Bonchev–Trinajstić information content (AvgIpc) is 2.54. The number of hydrogen-bond donors (Lipinski definition) is 1. The lowest BCUT2D eigenvalue weighted by Gasteiger charge is -2.21. The molecule has 1 amide bonds. The van der Waals surface area contributed by atoms with Gasteiger partial charge in [0, 0.05) is 12.6 Å². The molecular weight excluding hydrogens is 284 g/mol. The Kier molecular flexibility index (Phi) is 6.18. The molecule has 0 atom stereocenters. The highest BCUT2D eigenvalue weighted by Gasteiger charge is 2.13. The molecular formula is C16H22N2O4. The molecule has 1 aromatic carbocycles. The molecule has 0 bridgehead atoms. The van der Waals surface area contributed by atoms with Gasteiger partial charge in [-0.1, -0.05) is 38.2 Å². The molecule has 22 heavy (non-hydrogen) atoms. The van der Waals surface area contributed by atoms with Gasteiger partial charge in [0.2, 0.25) is 0 Å². The Morgan fingerprint density at radius 2 is 2.09 bits per heavy atom. The van der Waals surface area contributed by atoms with Gasteiger partial charge >= 0.3 is 0 Å². The van der Waals surface area contributed by atoms with Crippen LogP contribution in [0.25, 0.3) is 0 Å².